The Kier molecular flexibility index (Phi) is 5.38. The molecule has 8 heteroatoms. The number of aromatic nitrogens is 2. The van der Waals surface area contributed by atoms with Gasteiger partial charge in [-0.05, 0) is 30.5 Å². The Labute approximate surface area is 167 Å². The number of carboxylic acids is 1. The minimum atomic E-state index is -1.26. The number of carbonyl (C=O) groups is 3. The number of carbonyl (C=O) groups excluding carboxylic acids is 2. The Morgan fingerprint density at radius 3 is 2.46 bits per heavy atom. The van der Waals surface area contributed by atoms with Crippen molar-refractivity contribution in [3.8, 4) is 0 Å². The summed E-state index contributed by atoms with van der Waals surface area (Å²) in [6, 6.07) is 6.62. The van der Waals surface area contributed by atoms with Gasteiger partial charge in [0.05, 0.1) is 5.69 Å². The summed E-state index contributed by atoms with van der Waals surface area (Å²) in [5, 5.41) is 13.9. The maximum absolute atomic E-state index is 12.9. The van der Waals surface area contributed by atoms with Crippen LogP contribution in [0.5, 0.6) is 0 Å². The summed E-state index contributed by atoms with van der Waals surface area (Å²) in [5.41, 5.74) is 2.16. The number of hydrogen-bond donors (Lipinski definition) is 1. The van der Waals surface area contributed by atoms with Crippen LogP contribution in [0.15, 0.2) is 24.3 Å². The van der Waals surface area contributed by atoms with Crippen LogP contribution in [-0.2, 0) is 16.1 Å². The molecule has 2 heterocycles. The highest BCUT2D eigenvalue weighted by Crippen LogP contribution is 2.32. The molecule has 28 heavy (non-hydrogen) atoms. The smallest absolute Gasteiger partial charge is 0.323 e. The van der Waals surface area contributed by atoms with E-state index in [4.69, 9.17) is 16.7 Å². The molecular weight excluding hydrogens is 382 g/mol. The topological polar surface area (TPSA) is 92.5 Å². The number of nitrogens with zero attached hydrogens (tertiary/aromatic N) is 3. The van der Waals surface area contributed by atoms with Crippen molar-refractivity contribution in [2.24, 2.45) is 5.92 Å². The fourth-order valence-electron chi connectivity index (χ4n) is 3.16. The lowest BCUT2D eigenvalue weighted by molar-refractivity contribution is -0.141. The van der Waals surface area contributed by atoms with Crippen molar-refractivity contribution in [3.05, 3.63) is 51.8 Å². The number of amides is 2. The molecule has 1 N–H and O–H groups in total. The number of halogens is 1. The first-order valence-corrected chi connectivity index (χ1v) is 9.20. The third-order valence-electron chi connectivity index (χ3n) is 4.40. The molecule has 146 valence electrons. The highest BCUT2D eigenvalue weighted by molar-refractivity contribution is 6.36. The second-order valence-electron chi connectivity index (χ2n) is 7.06. The molecule has 1 aliphatic heterocycles. The van der Waals surface area contributed by atoms with Gasteiger partial charge in [-0.2, -0.15) is 5.10 Å². The van der Waals surface area contributed by atoms with E-state index in [1.165, 1.54) is 0 Å². The van der Waals surface area contributed by atoms with E-state index in [1.54, 1.807) is 41.9 Å². The van der Waals surface area contributed by atoms with E-state index in [9.17, 15) is 14.4 Å². The zero-order chi connectivity index (χ0) is 20.6. The maximum Gasteiger partial charge on any atom is 0.323 e. The van der Waals surface area contributed by atoms with E-state index in [0.29, 0.717) is 34.4 Å². The highest BCUT2D eigenvalue weighted by Gasteiger charge is 2.36. The fraction of sp³-hybridized carbons (Fsp3) is 0.300. The number of hydrogen-bond acceptors (Lipinski definition) is 4. The minimum absolute atomic E-state index is 0.213. The number of imide groups is 1. The lowest BCUT2D eigenvalue weighted by Gasteiger charge is -2.27. The van der Waals surface area contributed by atoms with Crippen molar-refractivity contribution in [1.29, 1.82) is 0 Å². The molecule has 1 aromatic carbocycles. The molecule has 0 spiro atoms. The number of carboxylic acid groups (broad SMARTS) is 1. The summed E-state index contributed by atoms with van der Waals surface area (Å²) < 4.78 is 1.67. The van der Waals surface area contributed by atoms with Gasteiger partial charge in [0.25, 0.3) is 11.8 Å². The number of aryl methyl sites for hydroxylation is 1. The Balaban J connectivity index is 2.16. The highest BCUT2D eigenvalue weighted by atomic mass is 35.5. The molecule has 0 unspecified atom stereocenters. The van der Waals surface area contributed by atoms with Gasteiger partial charge >= 0.3 is 5.97 Å². The predicted molar refractivity (Wildman–Crippen MR) is 105 cm³/mol. The van der Waals surface area contributed by atoms with Crippen LogP contribution in [0.1, 0.15) is 41.0 Å². The molecule has 0 saturated carbocycles. The van der Waals surface area contributed by atoms with Crippen molar-refractivity contribution in [3.63, 3.8) is 0 Å². The molecular formula is C20H20ClN3O4. The van der Waals surface area contributed by atoms with Gasteiger partial charge in [-0.15, -0.1) is 0 Å². The Morgan fingerprint density at radius 2 is 1.86 bits per heavy atom. The molecule has 1 aromatic heterocycles. The third-order valence-corrected chi connectivity index (χ3v) is 4.80. The SMILES string of the molecule is Cc1nn(CC(C)C)c(Cl)c1/C=C1/C(=O)N(CC(=O)O)C(=O)c2ccccc21. The quantitative estimate of drug-likeness (QED) is 0.613. The fourth-order valence-corrected chi connectivity index (χ4v) is 3.46. The van der Waals surface area contributed by atoms with Crippen LogP contribution >= 0.6 is 11.6 Å². The van der Waals surface area contributed by atoms with Crippen LogP contribution in [0.3, 0.4) is 0 Å². The lowest BCUT2D eigenvalue weighted by Crippen LogP contribution is -2.44. The average molecular weight is 402 g/mol. The molecule has 2 aromatic rings. The molecule has 2 amide bonds. The van der Waals surface area contributed by atoms with Crippen LogP contribution < -0.4 is 0 Å². The second-order valence-corrected chi connectivity index (χ2v) is 7.42. The van der Waals surface area contributed by atoms with E-state index in [0.717, 1.165) is 4.90 Å². The number of fused-ring (bicyclic) bond motifs is 1. The van der Waals surface area contributed by atoms with Gasteiger partial charge in [0, 0.05) is 23.2 Å². The summed E-state index contributed by atoms with van der Waals surface area (Å²) in [6.07, 6.45) is 1.59. The van der Waals surface area contributed by atoms with Crippen LogP contribution in [0.2, 0.25) is 5.15 Å². The zero-order valence-electron chi connectivity index (χ0n) is 15.8. The van der Waals surface area contributed by atoms with E-state index in [-0.39, 0.29) is 11.1 Å². The Hall–Kier alpha value is -2.93. The van der Waals surface area contributed by atoms with Gasteiger partial charge in [-0.25, -0.2) is 0 Å². The molecule has 1 aliphatic rings. The van der Waals surface area contributed by atoms with Gasteiger partial charge in [-0.1, -0.05) is 43.6 Å². The number of aliphatic carboxylic acids is 1. The Morgan fingerprint density at radius 1 is 1.21 bits per heavy atom. The van der Waals surface area contributed by atoms with Crippen molar-refractivity contribution < 1.29 is 19.5 Å². The lowest BCUT2D eigenvalue weighted by atomic mass is 9.92. The monoisotopic (exact) mass is 401 g/mol. The largest absolute Gasteiger partial charge is 0.480 e. The number of benzene rings is 1. The molecule has 0 radical (unpaired) electrons. The van der Waals surface area contributed by atoms with Crippen LogP contribution in [0.4, 0.5) is 0 Å². The van der Waals surface area contributed by atoms with Crippen LogP contribution in [-0.4, -0.2) is 44.1 Å². The molecule has 7 nitrogen and oxygen atoms in total. The van der Waals surface area contributed by atoms with E-state index in [1.807, 2.05) is 13.8 Å². The summed E-state index contributed by atoms with van der Waals surface area (Å²) in [7, 11) is 0. The molecule has 0 fully saturated rings. The molecule has 3 rings (SSSR count). The van der Waals surface area contributed by atoms with Crippen molar-refractivity contribution in [2.75, 3.05) is 6.54 Å². The number of rotatable bonds is 5. The average Bonchev–Trinajstić information content (AvgIpc) is 2.88. The Bertz CT molecular complexity index is 1010. The van der Waals surface area contributed by atoms with Crippen molar-refractivity contribution in [1.82, 2.24) is 14.7 Å². The zero-order valence-corrected chi connectivity index (χ0v) is 16.5. The van der Waals surface area contributed by atoms with E-state index >= 15 is 0 Å². The summed E-state index contributed by atoms with van der Waals surface area (Å²) in [6.45, 7) is 5.79. The van der Waals surface area contributed by atoms with Crippen LogP contribution in [0.25, 0.3) is 11.6 Å². The van der Waals surface area contributed by atoms with Crippen molar-refractivity contribution >= 4 is 41.0 Å². The standard InChI is InChI=1S/C20H20ClN3O4/c1-11(2)9-24-18(21)15(12(3)22-24)8-16-13-6-4-5-7-14(13)19(27)23(20(16)28)10-17(25)26/h4-8,11H,9-10H2,1-3H3,(H,25,26)/b16-8+. The molecule has 0 atom stereocenters. The normalized spacial score (nSPS) is 15.5. The first-order chi connectivity index (χ1) is 13.2. The molecule has 0 bridgehead atoms. The minimum Gasteiger partial charge on any atom is -0.480 e. The predicted octanol–water partition coefficient (Wildman–Crippen LogP) is 3.11. The van der Waals surface area contributed by atoms with Crippen molar-refractivity contribution in [2.45, 2.75) is 27.3 Å². The van der Waals surface area contributed by atoms with E-state index < -0.39 is 24.3 Å². The summed E-state index contributed by atoms with van der Waals surface area (Å²) >= 11 is 6.49. The van der Waals surface area contributed by atoms with E-state index in [2.05, 4.69) is 5.10 Å². The second kappa shape index (κ2) is 7.59. The summed E-state index contributed by atoms with van der Waals surface area (Å²) in [5.74, 6) is -2.23. The van der Waals surface area contributed by atoms with Gasteiger partial charge in [0.1, 0.15) is 11.7 Å². The molecule has 0 saturated heterocycles. The first-order valence-electron chi connectivity index (χ1n) is 8.82. The van der Waals surface area contributed by atoms with Gasteiger partial charge < -0.3 is 5.11 Å². The summed E-state index contributed by atoms with van der Waals surface area (Å²) in [4.78, 5) is 37.4. The van der Waals surface area contributed by atoms with Gasteiger partial charge in [-0.3, -0.25) is 24.0 Å². The maximum atomic E-state index is 12.9. The van der Waals surface area contributed by atoms with Gasteiger partial charge in [0.2, 0.25) is 0 Å². The third kappa shape index (κ3) is 3.57. The first kappa shape index (κ1) is 19.8. The molecule has 0 aliphatic carbocycles. The van der Waals surface area contributed by atoms with Crippen LogP contribution in [0, 0.1) is 12.8 Å². The van der Waals surface area contributed by atoms with Gasteiger partial charge in [0.15, 0.2) is 0 Å².